The minimum atomic E-state index is 0.0736. The number of thiophene rings is 1. The molecule has 0 aliphatic rings. The molecule has 1 aromatic rings. The summed E-state index contributed by atoms with van der Waals surface area (Å²) >= 11 is 1.82. The molecule has 2 N–H and O–H groups in total. The molecule has 1 amide bonds. The fourth-order valence-electron chi connectivity index (χ4n) is 1.50. The van der Waals surface area contributed by atoms with Gasteiger partial charge in [0.1, 0.15) is 0 Å². The Labute approximate surface area is 114 Å². The van der Waals surface area contributed by atoms with Gasteiger partial charge in [-0.2, -0.15) is 0 Å². The predicted octanol–water partition coefficient (Wildman–Crippen LogP) is 2.66. The molecule has 0 unspecified atom stereocenters. The van der Waals surface area contributed by atoms with Crippen LogP contribution >= 0.6 is 11.3 Å². The summed E-state index contributed by atoms with van der Waals surface area (Å²) in [6.07, 6.45) is 0.978. The first-order valence-electron chi connectivity index (χ1n) is 6.50. The SMILES string of the molecule is CCCNC(=O)CNCc1ccc(C(C)(C)C)s1. The van der Waals surface area contributed by atoms with Crippen LogP contribution < -0.4 is 10.6 Å². The lowest BCUT2D eigenvalue weighted by molar-refractivity contribution is -0.120. The number of carbonyl (C=O) groups is 1. The van der Waals surface area contributed by atoms with Crippen molar-refractivity contribution in [3.63, 3.8) is 0 Å². The van der Waals surface area contributed by atoms with Gasteiger partial charge in [0.25, 0.3) is 0 Å². The zero-order chi connectivity index (χ0) is 13.6. The van der Waals surface area contributed by atoms with Crippen LogP contribution in [0.5, 0.6) is 0 Å². The zero-order valence-electron chi connectivity index (χ0n) is 11.8. The van der Waals surface area contributed by atoms with Crippen LogP contribution in [0.15, 0.2) is 12.1 Å². The van der Waals surface area contributed by atoms with Crippen LogP contribution in [-0.4, -0.2) is 19.0 Å². The summed E-state index contributed by atoms with van der Waals surface area (Å²) in [6.45, 7) is 10.6. The molecule has 0 fully saturated rings. The second-order valence-corrected chi connectivity index (χ2v) is 6.64. The minimum Gasteiger partial charge on any atom is -0.355 e. The van der Waals surface area contributed by atoms with Gasteiger partial charge >= 0.3 is 0 Å². The van der Waals surface area contributed by atoms with E-state index in [1.165, 1.54) is 9.75 Å². The van der Waals surface area contributed by atoms with Crippen molar-refractivity contribution in [2.45, 2.75) is 46.1 Å². The Balaban J connectivity index is 2.32. The minimum absolute atomic E-state index is 0.0736. The molecule has 0 radical (unpaired) electrons. The first kappa shape index (κ1) is 15.2. The van der Waals surface area contributed by atoms with Crippen molar-refractivity contribution >= 4 is 17.2 Å². The molecule has 1 aromatic heterocycles. The lowest BCUT2D eigenvalue weighted by atomic mass is 9.95. The molecule has 1 rings (SSSR count). The number of carbonyl (C=O) groups excluding carboxylic acids is 1. The van der Waals surface area contributed by atoms with Gasteiger partial charge in [0, 0.05) is 22.8 Å². The van der Waals surface area contributed by atoms with Crippen molar-refractivity contribution in [3.8, 4) is 0 Å². The molecule has 0 bridgehead atoms. The summed E-state index contributed by atoms with van der Waals surface area (Å²) in [6, 6.07) is 4.32. The topological polar surface area (TPSA) is 41.1 Å². The second kappa shape index (κ2) is 6.90. The molecule has 0 atom stereocenters. The lowest BCUT2D eigenvalue weighted by Crippen LogP contribution is -2.33. The van der Waals surface area contributed by atoms with Crippen LogP contribution in [0.2, 0.25) is 0 Å². The van der Waals surface area contributed by atoms with Crippen molar-refractivity contribution in [1.82, 2.24) is 10.6 Å². The number of nitrogens with one attached hydrogen (secondary N) is 2. The zero-order valence-corrected chi connectivity index (χ0v) is 12.6. The van der Waals surface area contributed by atoms with Gasteiger partial charge in [-0.3, -0.25) is 4.79 Å². The van der Waals surface area contributed by atoms with E-state index in [2.05, 4.69) is 43.5 Å². The highest BCUT2D eigenvalue weighted by Gasteiger charge is 2.15. The third kappa shape index (κ3) is 5.19. The van der Waals surface area contributed by atoms with Gasteiger partial charge < -0.3 is 10.6 Å². The quantitative estimate of drug-likeness (QED) is 0.833. The molecule has 18 heavy (non-hydrogen) atoms. The van der Waals surface area contributed by atoms with E-state index in [0.29, 0.717) is 6.54 Å². The van der Waals surface area contributed by atoms with Crippen LogP contribution in [0, 0.1) is 0 Å². The van der Waals surface area contributed by atoms with Gasteiger partial charge in [0.2, 0.25) is 5.91 Å². The van der Waals surface area contributed by atoms with E-state index >= 15 is 0 Å². The Morgan fingerprint density at radius 1 is 1.33 bits per heavy atom. The van der Waals surface area contributed by atoms with Crippen molar-refractivity contribution in [2.75, 3.05) is 13.1 Å². The summed E-state index contributed by atoms with van der Waals surface area (Å²) in [4.78, 5) is 14.1. The largest absolute Gasteiger partial charge is 0.355 e. The van der Waals surface area contributed by atoms with Crippen LogP contribution in [0.25, 0.3) is 0 Å². The van der Waals surface area contributed by atoms with E-state index < -0.39 is 0 Å². The van der Waals surface area contributed by atoms with Gasteiger partial charge in [-0.05, 0) is 24.0 Å². The van der Waals surface area contributed by atoms with Gasteiger partial charge in [-0.25, -0.2) is 0 Å². The summed E-state index contributed by atoms with van der Waals surface area (Å²) in [5.41, 5.74) is 0.210. The number of rotatable bonds is 6. The van der Waals surface area contributed by atoms with Crippen LogP contribution in [-0.2, 0) is 16.8 Å². The molecule has 0 saturated carbocycles. The molecule has 3 nitrogen and oxygen atoms in total. The van der Waals surface area contributed by atoms with Crippen molar-refractivity contribution in [1.29, 1.82) is 0 Å². The van der Waals surface area contributed by atoms with E-state index in [9.17, 15) is 4.79 Å². The number of amides is 1. The normalized spacial score (nSPS) is 11.6. The maximum absolute atomic E-state index is 11.4. The smallest absolute Gasteiger partial charge is 0.233 e. The molecular weight excluding hydrogens is 244 g/mol. The first-order chi connectivity index (χ1) is 8.43. The van der Waals surface area contributed by atoms with Gasteiger partial charge in [-0.15, -0.1) is 11.3 Å². The molecule has 0 aliphatic carbocycles. The average molecular weight is 268 g/mol. The number of hydrogen-bond donors (Lipinski definition) is 2. The summed E-state index contributed by atoms with van der Waals surface area (Å²) < 4.78 is 0. The third-order valence-electron chi connectivity index (χ3n) is 2.56. The maximum atomic E-state index is 11.4. The summed E-state index contributed by atoms with van der Waals surface area (Å²) in [7, 11) is 0. The second-order valence-electron chi connectivity index (χ2n) is 5.47. The summed E-state index contributed by atoms with van der Waals surface area (Å²) in [5.74, 6) is 0.0736. The fraction of sp³-hybridized carbons (Fsp3) is 0.643. The number of hydrogen-bond acceptors (Lipinski definition) is 3. The van der Waals surface area contributed by atoms with E-state index in [4.69, 9.17) is 0 Å². The maximum Gasteiger partial charge on any atom is 0.233 e. The van der Waals surface area contributed by atoms with Gasteiger partial charge in [-0.1, -0.05) is 27.7 Å². The Morgan fingerprint density at radius 2 is 2.06 bits per heavy atom. The van der Waals surface area contributed by atoms with Crippen molar-refractivity contribution in [3.05, 3.63) is 21.9 Å². The average Bonchev–Trinajstić information content (AvgIpc) is 2.74. The third-order valence-corrected chi connectivity index (χ3v) is 4.07. The summed E-state index contributed by atoms with van der Waals surface area (Å²) in [5, 5.41) is 6.02. The molecule has 4 heteroatoms. The van der Waals surface area contributed by atoms with Gasteiger partial charge in [0.05, 0.1) is 6.54 Å². The van der Waals surface area contributed by atoms with Crippen LogP contribution in [0.4, 0.5) is 0 Å². The van der Waals surface area contributed by atoms with E-state index in [1.54, 1.807) is 0 Å². The van der Waals surface area contributed by atoms with Gasteiger partial charge in [0.15, 0.2) is 0 Å². The first-order valence-corrected chi connectivity index (χ1v) is 7.31. The predicted molar refractivity (Wildman–Crippen MR) is 78.0 cm³/mol. The highest BCUT2D eigenvalue weighted by molar-refractivity contribution is 7.12. The molecule has 102 valence electrons. The molecule has 0 aliphatic heterocycles. The fourth-order valence-corrected chi connectivity index (χ4v) is 2.54. The molecular formula is C14H24N2OS. The molecule has 0 aromatic carbocycles. The Morgan fingerprint density at radius 3 is 2.61 bits per heavy atom. The molecule has 0 saturated heterocycles. The monoisotopic (exact) mass is 268 g/mol. The van der Waals surface area contributed by atoms with Crippen molar-refractivity contribution in [2.24, 2.45) is 0 Å². The highest BCUT2D eigenvalue weighted by atomic mass is 32.1. The Hall–Kier alpha value is -0.870. The standard InChI is InChI=1S/C14H24N2OS/c1-5-8-16-13(17)10-15-9-11-6-7-12(18-11)14(2,3)4/h6-7,15H,5,8-10H2,1-4H3,(H,16,17). The van der Waals surface area contributed by atoms with E-state index in [0.717, 1.165) is 19.5 Å². The molecule has 0 spiro atoms. The Kier molecular flexibility index (Phi) is 5.82. The highest BCUT2D eigenvalue weighted by Crippen LogP contribution is 2.29. The van der Waals surface area contributed by atoms with Crippen molar-refractivity contribution < 1.29 is 4.79 Å². The van der Waals surface area contributed by atoms with E-state index in [-0.39, 0.29) is 11.3 Å². The Bertz CT molecular complexity index is 379. The molecule has 1 heterocycles. The van der Waals surface area contributed by atoms with Crippen LogP contribution in [0.3, 0.4) is 0 Å². The van der Waals surface area contributed by atoms with E-state index in [1.807, 2.05) is 18.3 Å². The lowest BCUT2D eigenvalue weighted by Gasteiger charge is -2.15. The van der Waals surface area contributed by atoms with Crippen LogP contribution in [0.1, 0.15) is 43.9 Å².